The van der Waals surface area contributed by atoms with Crippen molar-refractivity contribution in [3.63, 3.8) is 0 Å². The first-order chi connectivity index (χ1) is 27.3. The molecule has 2 nitrogen and oxygen atoms in total. The largest absolute Gasteiger partial charge is 0.310 e. The molecule has 8 aromatic rings. The standard InChI is InChI=1S/C53H34N2/c1-5-17-39(18-6-1)54(40-19-7-2-8-20-40)43-31-37-29-30-38-32-44(55(41-21-9-3-10-22-41)42-23-11-4-12-24-42)34-48-52(38)51(37)47(33-43)53(48)45-25-13-15-35-27-28-36-16-14-26-46(53)50(36)49(35)45/h1-13,15-34,36H. The van der Waals surface area contributed by atoms with Crippen LogP contribution in [0.3, 0.4) is 0 Å². The molecule has 0 saturated carbocycles. The first-order valence-electron chi connectivity index (χ1n) is 19.1. The van der Waals surface area contributed by atoms with E-state index in [0.717, 1.165) is 34.1 Å². The maximum atomic E-state index is 3.66. The van der Waals surface area contributed by atoms with E-state index in [9.17, 15) is 0 Å². The van der Waals surface area contributed by atoms with Crippen molar-refractivity contribution >= 4 is 67.3 Å². The van der Waals surface area contributed by atoms with Gasteiger partial charge < -0.3 is 9.80 Å². The monoisotopic (exact) mass is 698 g/mol. The lowest BCUT2D eigenvalue weighted by atomic mass is 9.68. The van der Waals surface area contributed by atoms with Gasteiger partial charge in [-0.2, -0.15) is 0 Å². The van der Waals surface area contributed by atoms with Crippen LogP contribution in [0, 0.1) is 5.92 Å². The maximum Gasteiger partial charge on any atom is 0.0730 e. The molecule has 0 saturated heterocycles. The molecule has 0 aliphatic heterocycles. The fourth-order valence-corrected chi connectivity index (χ4v) is 10.1. The highest BCUT2D eigenvalue weighted by Gasteiger charge is 2.54. The molecule has 0 N–H and O–H groups in total. The molecule has 0 bridgehead atoms. The molecule has 1 unspecified atom stereocenters. The summed E-state index contributed by atoms with van der Waals surface area (Å²) < 4.78 is 0. The Labute approximate surface area is 320 Å². The SMILES string of the molecule is C1=CC2=C3c4c(cccc4C24c2cc(N(c5ccccc5)c5ccccc5)cc5ccc6cc(N(c7ccccc7)c7ccccc7)cc4c6c25)C=CC3C=1. The average molecular weight is 699 g/mol. The van der Waals surface area contributed by atoms with Crippen molar-refractivity contribution in [1.29, 1.82) is 0 Å². The number of para-hydroxylation sites is 4. The number of rotatable bonds is 6. The van der Waals surface area contributed by atoms with E-state index >= 15 is 0 Å². The molecule has 0 heterocycles. The van der Waals surface area contributed by atoms with Crippen LogP contribution in [-0.2, 0) is 5.41 Å². The minimum Gasteiger partial charge on any atom is -0.310 e. The molecular formula is C53H34N2. The third-order valence-corrected chi connectivity index (χ3v) is 12.2. The predicted molar refractivity (Wildman–Crippen MR) is 229 cm³/mol. The van der Waals surface area contributed by atoms with Gasteiger partial charge in [0, 0.05) is 40.0 Å². The molecule has 0 radical (unpaired) electrons. The van der Waals surface area contributed by atoms with Gasteiger partial charge in [0.05, 0.1) is 5.41 Å². The van der Waals surface area contributed by atoms with Crippen LogP contribution in [-0.4, -0.2) is 0 Å². The van der Waals surface area contributed by atoms with Gasteiger partial charge in [0.15, 0.2) is 0 Å². The summed E-state index contributed by atoms with van der Waals surface area (Å²) in [5.41, 5.74) is 19.4. The van der Waals surface area contributed by atoms with Gasteiger partial charge in [-0.25, -0.2) is 0 Å². The highest BCUT2D eigenvalue weighted by molar-refractivity contribution is 6.20. The Bertz CT molecular complexity index is 2780. The average Bonchev–Trinajstić information content (AvgIpc) is 3.72. The quantitative estimate of drug-likeness (QED) is 0.126. The molecule has 4 aliphatic rings. The van der Waals surface area contributed by atoms with Crippen LogP contribution in [0.2, 0.25) is 0 Å². The van der Waals surface area contributed by atoms with Crippen molar-refractivity contribution in [3.8, 4) is 0 Å². The number of allylic oxidation sites excluding steroid dienone is 4. The fraction of sp³-hybridized carbons (Fsp3) is 0.0377. The highest BCUT2D eigenvalue weighted by atomic mass is 15.1. The lowest BCUT2D eigenvalue weighted by Crippen LogP contribution is -2.28. The maximum absolute atomic E-state index is 3.66. The van der Waals surface area contributed by atoms with Crippen molar-refractivity contribution in [1.82, 2.24) is 0 Å². The Balaban J connectivity index is 1.21. The summed E-state index contributed by atoms with van der Waals surface area (Å²) in [5, 5.41) is 5.17. The Morgan fingerprint density at radius 2 is 0.945 bits per heavy atom. The van der Waals surface area contributed by atoms with Crippen LogP contribution in [0.5, 0.6) is 0 Å². The summed E-state index contributed by atoms with van der Waals surface area (Å²) in [7, 11) is 0. The molecule has 0 amide bonds. The summed E-state index contributed by atoms with van der Waals surface area (Å²) in [6.45, 7) is 0. The van der Waals surface area contributed by atoms with E-state index in [0.29, 0.717) is 0 Å². The van der Waals surface area contributed by atoms with Gasteiger partial charge in [-0.15, -0.1) is 5.73 Å². The highest BCUT2D eigenvalue weighted by Crippen LogP contribution is 2.65. The van der Waals surface area contributed by atoms with Crippen LogP contribution in [0.1, 0.15) is 27.8 Å². The number of nitrogens with zero attached hydrogens (tertiary/aromatic N) is 2. The third kappa shape index (κ3) is 4.15. The Morgan fingerprint density at radius 3 is 1.44 bits per heavy atom. The second kappa shape index (κ2) is 11.4. The molecule has 0 aromatic heterocycles. The second-order valence-corrected chi connectivity index (χ2v) is 15.0. The van der Waals surface area contributed by atoms with Crippen LogP contribution in [0.15, 0.2) is 205 Å². The summed E-state index contributed by atoms with van der Waals surface area (Å²) in [4.78, 5) is 4.82. The predicted octanol–water partition coefficient (Wildman–Crippen LogP) is 13.7. The second-order valence-electron chi connectivity index (χ2n) is 15.0. The molecular weight excluding hydrogens is 665 g/mol. The Kier molecular flexibility index (Phi) is 6.31. The van der Waals surface area contributed by atoms with Gasteiger partial charge in [-0.05, 0) is 145 Å². The first kappa shape index (κ1) is 30.4. The fourth-order valence-electron chi connectivity index (χ4n) is 10.1. The van der Waals surface area contributed by atoms with Crippen molar-refractivity contribution < 1.29 is 0 Å². The van der Waals surface area contributed by atoms with Gasteiger partial charge in [0.2, 0.25) is 0 Å². The van der Waals surface area contributed by atoms with Crippen LogP contribution in [0.4, 0.5) is 34.1 Å². The number of hydrogen-bond acceptors (Lipinski definition) is 2. The lowest BCUT2D eigenvalue weighted by molar-refractivity contribution is 0.786. The molecule has 1 spiro atoms. The molecule has 2 heteroatoms. The van der Waals surface area contributed by atoms with Crippen molar-refractivity contribution in [3.05, 3.63) is 233 Å². The van der Waals surface area contributed by atoms with Gasteiger partial charge >= 0.3 is 0 Å². The van der Waals surface area contributed by atoms with Crippen molar-refractivity contribution in [2.75, 3.05) is 9.80 Å². The van der Waals surface area contributed by atoms with Gasteiger partial charge in [0.25, 0.3) is 0 Å². The number of hydrogen-bond donors (Lipinski definition) is 0. The van der Waals surface area contributed by atoms with E-state index < -0.39 is 5.41 Å². The van der Waals surface area contributed by atoms with Gasteiger partial charge in [-0.1, -0.05) is 115 Å². The van der Waals surface area contributed by atoms with Crippen molar-refractivity contribution in [2.24, 2.45) is 5.92 Å². The van der Waals surface area contributed by atoms with Gasteiger partial charge in [-0.3, -0.25) is 0 Å². The number of fused-ring (bicyclic) bond motifs is 4. The van der Waals surface area contributed by atoms with Gasteiger partial charge in [0.1, 0.15) is 0 Å². The Morgan fingerprint density at radius 1 is 0.455 bits per heavy atom. The minimum atomic E-state index is -0.545. The number of benzene rings is 8. The van der Waals surface area contributed by atoms with Crippen LogP contribution >= 0.6 is 0 Å². The summed E-state index contributed by atoms with van der Waals surface area (Å²) in [6, 6.07) is 64.6. The van der Waals surface area contributed by atoms with E-state index in [1.807, 2.05) is 0 Å². The molecule has 8 aromatic carbocycles. The van der Waals surface area contributed by atoms with Crippen molar-refractivity contribution in [2.45, 2.75) is 5.41 Å². The zero-order valence-corrected chi connectivity index (χ0v) is 30.0. The van der Waals surface area contributed by atoms with Crippen LogP contribution < -0.4 is 9.80 Å². The normalized spacial score (nSPS) is 16.1. The molecule has 256 valence electrons. The number of anilines is 6. The van der Waals surface area contributed by atoms with E-state index in [2.05, 4.69) is 216 Å². The summed E-state index contributed by atoms with van der Waals surface area (Å²) >= 11 is 0. The molecule has 12 rings (SSSR count). The van der Waals surface area contributed by atoms with E-state index in [-0.39, 0.29) is 5.92 Å². The molecule has 4 aliphatic carbocycles. The molecule has 1 atom stereocenters. The lowest BCUT2D eigenvalue weighted by Gasteiger charge is -2.34. The smallest absolute Gasteiger partial charge is 0.0730 e. The minimum absolute atomic E-state index is 0.185. The molecule has 55 heavy (non-hydrogen) atoms. The van der Waals surface area contributed by atoms with E-state index in [4.69, 9.17) is 0 Å². The van der Waals surface area contributed by atoms with E-state index in [1.54, 1.807) is 0 Å². The zero-order valence-electron chi connectivity index (χ0n) is 30.0. The topological polar surface area (TPSA) is 6.48 Å². The molecule has 0 fully saturated rings. The third-order valence-electron chi connectivity index (χ3n) is 12.2. The van der Waals surface area contributed by atoms with E-state index in [1.165, 1.54) is 60.5 Å². The zero-order chi connectivity index (χ0) is 36.1. The first-order valence-corrected chi connectivity index (χ1v) is 19.1. The Hall–Kier alpha value is -7.12. The van der Waals surface area contributed by atoms with Crippen LogP contribution in [0.25, 0.3) is 33.2 Å². The summed E-state index contributed by atoms with van der Waals surface area (Å²) in [6.07, 6.45) is 9.23. The summed E-state index contributed by atoms with van der Waals surface area (Å²) in [5.74, 6) is 0.185.